The minimum Gasteiger partial charge on any atom is -0.481 e. The third-order valence-corrected chi connectivity index (χ3v) is 4.50. The first-order valence-electron chi connectivity index (χ1n) is 8.50. The topological polar surface area (TPSA) is 98.1 Å². The van der Waals surface area contributed by atoms with Gasteiger partial charge in [-0.3, -0.25) is 9.59 Å². The Bertz CT molecular complexity index is 616. The van der Waals surface area contributed by atoms with E-state index >= 15 is 0 Å². The lowest BCUT2D eigenvalue weighted by atomic mass is 10.0. The van der Waals surface area contributed by atoms with Gasteiger partial charge in [-0.15, -0.1) is 0 Å². The molecule has 1 aromatic carbocycles. The summed E-state index contributed by atoms with van der Waals surface area (Å²) in [6.07, 6.45) is 1.72. The minimum absolute atomic E-state index is 0.0417. The number of rotatable bonds is 7. The number of benzene rings is 1. The molecule has 0 radical (unpaired) electrons. The maximum atomic E-state index is 12.7. The molecule has 1 saturated heterocycles. The van der Waals surface area contributed by atoms with Crippen LogP contribution in [0, 0.1) is 5.92 Å². The normalized spacial score (nSPS) is 22.9. The number of hydrogen-bond donors (Lipinski definition) is 3. The van der Waals surface area contributed by atoms with Crippen LogP contribution < -0.4 is 0 Å². The van der Waals surface area contributed by atoms with Crippen LogP contribution in [0.5, 0.6) is 0 Å². The maximum absolute atomic E-state index is 12.7. The molecule has 1 aliphatic rings. The number of carboxylic acids is 1. The van der Waals surface area contributed by atoms with E-state index in [1.165, 1.54) is 0 Å². The Hall–Kier alpha value is -2.18. The summed E-state index contributed by atoms with van der Waals surface area (Å²) in [4.78, 5) is 25.0. The number of aliphatic hydroxyl groups excluding tert-OH is 2. The number of aliphatic carboxylic acids is 1. The maximum Gasteiger partial charge on any atom is 0.305 e. The molecule has 1 fully saturated rings. The van der Waals surface area contributed by atoms with E-state index < -0.39 is 24.6 Å². The molecule has 0 unspecified atom stereocenters. The number of nitrogens with zero attached hydrogens (tertiary/aromatic N) is 1. The van der Waals surface area contributed by atoms with Gasteiger partial charge >= 0.3 is 5.97 Å². The summed E-state index contributed by atoms with van der Waals surface area (Å²) in [6, 6.07) is 8.95. The average Bonchev–Trinajstić information content (AvgIpc) is 2.93. The van der Waals surface area contributed by atoms with Crippen molar-refractivity contribution in [1.29, 1.82) is 0 Å². The molecular weight excluding hydrogens is 322 g/mol. The van der Waals surface area contributed by atoms with Gasteiger partial charge in [-0.25, -0.2) is 0 Å². The van der Waals surface area contributed by atoms with Gasteiger partial charge in [0.15, 0.2) is 0 Å². The SMILES string of the molecule is C[C@@H]1CCN(C(=O)c2ccccc2)[C@H]1/C=C/[C@@H](O)C[C@@H](O)CC(=O)O. The molecule has 1 aromatic rings. The second kappa shape index (κ2) is 8.78. The summed E-state index contributed by atoms with van der Waals surface area (Å²) in [5.74, 6) is -0.882. The molecule has 4 atom stereocenters. The van der Waals surface area contributed by atoms with Crippen molar-refractivity contribution in [2.75, 3.05) is 6.54 Å². The van der Waals surface area contributed by atoms with Crippen molar-refractivity contribution in [1.82, 2.24) is 4.90 Å². The number of amides is 1. The second-order valence-corrected chi connectivity index (χ2v) is 6.56. The van der Waals surface area contributed by atoms with Crippen molar-refractivity contribution in [2.24, 2.45) is 5.92 Å². The van der Waals surface area contributed by atoms with Crippen molar-refractivity contribution >= 4 is 11.9 Å². The molecule has 0 aromatic heterocycles. The van der Waals surface area contributed by atoms with Crippen LogP contribution in [-0.2, 0) is 4.79 Å². The molecule has 0 saturated carbocycles. The second-order valence-electron chi connectivity index (χ2n) is 6.56. The predicted molar refractivity (Wildman–Crippen MR) is 93.1 cm³/mol. The lowest BCUT2D eigenvalue weighted by Crippen LogP contribution is -2.36. The van der Waals surface area contributed by atoms with Gasteiger partial charge in [0.05, 0.1) is 24.7 Å². The monoisotopic (exact) mass is 347 g/mol. The van der Waals surface area contributed by atoms with Crippen molar-refractivity contribution in [2.45, 2.75) is 44.4 Å². The van der Waals surface area contributed by atoms with Crippen LogP contribution in [0.3, 0.4) is 0 Å². The largest absolute Gasteiger partial charge is 0.481 e. The Balaban J connectivity index is 2.00. The number of hydrogen-bond acceptors (Lipinski definition) is 4. The zero-order valence-corrected chi connectivity index (χ0v) is 14.3. The Morgan fingerprint density at radius 3 is 2.60 bits per heavy atom. The summed E-state index contributed by atoms with van der Waals surface area (Å²) in [5.41, 5.74) is 0.632. The van der Waals surface area contributed by atoms with Gasteiger partial charge in [0.2, 0.25) is 0 Å². The standard InChI is InChI=1S/C19H25NO5/c1-13-9-10-20(19(25)14-5-3-2-4-6-14)17(13)8-7-15(21)11-16(22)12-18(23)24/h2-8,13,15-17,21-22H,9-12H2,1H3,(H,23,24)/b8-7+/t13-,15-,16-,17+/m1/s1. The summed E-state index contributed by atoms with van der Waals surface area (Å²) in [7, 11) is 0. The van der Waals surface area contributed by atoms with Crippen LogP contribution >= 0.6 is 0 Å². The lowest BCUT2D eigenvalue weighted by Gasteiger charge is -2.25. The van der Waals surface area contributed by atoms with E-state index in [2.05, 4.69) is 6.92 Å². The van der Waals surface area contributed by atoms with E-state index in [-0.39, 0.29) is 24.3 Å². The Labute approximate surface area is 147 Å². The number of likely N-dealkylation sites (tertiary alicyclic amines) is 1. The van der Waals surface area contributed by atoms with E-state index in [0.29, 0.717) is 12.1 Å². The van der Waals surface area contributed by atoms with Gasteiger partial charge in [-0.1, -0.05) is 37.3 Å². The van der Waals surface area contributed by atoms with Gasteiger partial charge < -0.3 is 20.2 Å². The zero-order valence-electron chi connectivity index (χ0n) is 14.3. The smallest absolute Gasteiger partial charge is 0.305 e. The van der Waals surface area contributed by atoms with Crippen molar-refractivity contribution in [3.63, 3.8) is 0 Å². The van der Waals surface area contributed by atoms with Crippen LogP contribution in [0.2, 0.25) is 0 Å². The molecule has 0 spiro atoms. The highest BCUT2D eigenvalue weighted by Gasteiger charge is 2.33. The fraction of sp³-hybridized carbons (Fsp3) is 0.474. The van der Waals surface area contributed by atoms with Gasteiger partial charge in [0.25, 0.3) is 5.91 Å². The van der Waals surface area contributed by atoms with E-state index in [4.69, 9.17) is 5.11 Å². The number of carboxylic acid groups (broad SMARTS) is 1. The summed E-state index contributed by atoms with van der Waals surface area (Å²) in [5, 5.41) is 28.2. The average molecular weight is 347 g/mol. The molecule has 0 aliphatic carbocycles. The lowest BCUT2D eigenvalue weighted by molar-refractivity contribution is -0.139. The van der Waals surface area contributed by atoms with Crippen LogP contribution in [0.15, 0.2) is 42.5 Å². The molecule has 1 heterocycles. The Kier molecular flexibility index (Phi) is 6.73. The number of aliphatic hydroxyl groups is 2. The first-order chi connectivity index (χ1) is 11.9. The minimum atomic E-state index is -1.10. The molecule has 6 heteroatoms. The predicted octanol–water partition coefficient (Wildman–Crippen LogP) is 1.68. The van der Waals surface area contributed by atoms with Crippen LogP contribution in [0.25, 0.3) is 0 Å². The van der Waals surface area contributed by atoms with E-state index in [9.17, 15) is 19.8 Å². The highest BCUT2D eigenvalue weighted by molar-refractivity contribution is 5.94. The summed E-state index contributed by atoms with van der Waals surface area (Å²) in [6.45, 7) is 2.71. The zero-order chi connectivity index (χ0) is 18.4. The highest BCUT2D eigenvalue weighted by Crippen LogP contribution is 2.27. The third-order valence-electron chi connectivity index (χ3n) is 4.50. The Morgan fingerprint density at radius 1 is 1.28 bits per heavy atom. The summed E-state index contributed by atoms with van der Waals surface area (Å²) >= 11 is 0. The fourth-order valence-corrected chi connectivity index (χ4v) is 3.13. The first kappa shape index (κ1) is 19.1. The van der Waals surface area contributed by atoms with Gasteiger partial charge in [0, 0.05) is 18.5 Å². The van der Waals surface area contributed by atoms with Crippen molar-refractivity contribution in [3.05, 3.63) is 48.0 Å². The van der Waals surface area contributed by atoms with Gasteiger partial charge in [-0.2, -0.15) is 0 Å². The molecule has 3 N–H and O–H groups in total. The number of carbonyl (C=O) groups excluding carboxylic acids is 1. The Morgan fingerprint density at radius 2 is 1.96 bits per heavy atom. The molecule has 1 amide bonds. The fourth-order valence-electron chi connectivity index (χ4n) is 3.13. The molecule has 0 bridgehead atoms. The van der Waals surface area contributed by atoms with E-state index in [1.54, 1.807) is 29.2 Å². The quantitative estimate of drug-likeness (QED) is 0.652. The molecule has 136 valence electrons. The van der Waals surface area contributed by atoms with E-state index in [0.717, 1.165) is 6.42 Å². The molecule has 6 nitrogen and oxygen atoms in total. The van der Waals surface area contributed by atoms with Crippen molar-refractivity contribution < 1.29 is 24.9 Å². The third kappa shape index (κ3) is 5.41. The van der Waals surface area contributed by atoms with E-state index in [1.807, 2.05) is 18.2 Å². The van der Waals surface area contributed by atoms with Crippen LogP contribution in [-0.4, -0.2) is 56.9 Å². The highest BCUT2D eigenvalue weighted by atomic mass is 16.4. The molecule has 25 heavy (non-hydrogen) atoms. The van der Waals surface area contributed by atoms with Gasteiger partial charge in [0.1, 0.15) is 0 Å². The van der Waals surface area contributed by atoms with Crippen LogP contribution in [0.4, 0.5) is 0 Å². The molecule has 1 aliphatic heterocycles. The number of carbonyl (C=O) groups is 2. The van der Waals surface area contributed by atoms with Crippen LogP contribution in [0.1, 0.15) is 36.5 Å². The van der Waals surface area contributed by atoms with Crippen molar-refractivity contribution in [3.8, 4) is 0 Å². The van der Waals surface area contributed by atoms with Gasteiger partial charge in [-0.05, 0) is 24.5 Å². The molecular formula is C19H25NO5. The summed E-state index contributed by atoms with van der Waals surface area (Å²) < 4.78 is 0. The first-order valence-corrected chi connectivity index (χ1v) is 8.50. The molecule has 2 rings (SSSR count).